The van der Waals surface area contributed by atoms with Crippen molar-refractivity contribution in [2.24, 2.45) is 5.73 Å². The van der Waals surface area contributed by atoms with E-state index in [0.717, 1.165) is 19.4 Å². The molecule has 0 aliphatic rings. The van der Waals surface area contributed by atoms with Gasteiger partial charge in [-0.3, -0.25) is 10.3 Å². The van der Waals surface area contributed by atoms with Crippen molar-refractivity contribution in [2.75, 3.05) is 13.6 Å². The molecule has 0 fully saturated rings. The van der Waals surface area contributed by atoms with E-state index >= 15 is 0 Å². The molecule has 1 atom stereocenters. The molecule has 0 saturated carbocycles. The number of amidine groups is 1. The second-order valence-corrected chi connectivity index (χ2v) is 4.10. The molecule has 3 nitrogen and oxygen atoms in total. The monoisotopic (exact) mass is 219 g/mol. The van der Waals surface area contributed by atoms with Gasteiger partial charge in [-0.25, -0.2) is 0 Å². The molecule has 16 heavy (non-hydrogen) atoms. The van der Waals surface area contributed by atoms with Crippen molar-refractivity contribution in [3.8, 4) is 0 Å². The largest absolute Gasteiger partial charge is 0.386 e. The SMILES string of the molecule is CCC(C(=N)N)N(C)CCc1ccccc1. The Morgan fingerprint density at radius 1 is 1.38 bits per heavy atom. The van der Waals surface area contributed by atoms with Crippen molar-refractivity contribution in [2.45, 2.75) is 25.8 Å². The summed E-state index contributed by atoms with van der Waals surface area (Å²) in [5, 5.41) is 7.50. The Balaban J connectivity index is 2.46. The van der Waals surface area contributed by atoms with Crippen LogP contribution < -0.4 is 5.73 Å². The minimum atomic E-state index is 0.0729. The maximum absolute atomic E-state index is 7.50. The van der Waals surface area contributed by atoms with Gasteiger partial charge in [0.15, 0.2) is 0 Å². The van der Waals surface area contributed by atoms with Crippen molar-refractivity contribution < 1.29 is 0 Å². The first-order valence-electron chi connectivity index (χ1n) is 5.73. The third-order valence-electron chi connectivity index (χ3n) is 2.87. The zero-order valence-corrected chi connectivity index (χ0v) is 10.1. The molecule has 0 heterocycles. The summed E-state index contributed by atoms with van der Waals surface area (Å²) in [4.78, 5) is 2.15. The van der Waals surface area contributed by atoms with Crippen LogP contribution in [0.1, 0.15) is 18.9 Å². The molecule has 3 heteroatoms. The van der Waals surface area contributed by atoms with Gasteiger partial charge in [0.05, 0.1) is 6.04 Å². The van der Waals surface area contributed by atoms with E-state index in [9.17, 15) is 0 Å². The van der Waals surface area contributed by atoms with E-state index in [4.69, 9.17) is 11.1 Å². The van der Waals surface area contributed by atoms with Gasteiger partial charge in [0.2, 0.25) is 0 Å². The number of nitrogens with zero attached hydrogens (tertiary/aromatic N) is 1. The van der Waals surface area contributed by atoms with Crippen LogP contribution in [0.5, 0.6) is 0 Å². The highest BCUT2D eigenvalue weighted by Gasteiger charge is 2.14. The maximum atomic E-state index is 7.50. The summed E-state index contributed by atoms with van der Waals surface area (Å²) in [5.74, 6) is 0.262. The predicted octanol–water partition coefficient (Wildman–Crippen LogP) is 1.88. The summed E-state index contributed by atoms with van der Waals surface area (Å²) in [6.45, 7) is 2.99. The van der Waals surface area contributed by atoms with Crippen LogP contribution >= 0.6 is 0 Å². The lowest BCUT2D eigenvalue weighted by Crippen LogP contribution is -2.42. The minimum absolute atomic E-state index is 0.0729. The lowest BCUT2D eigenvalue weighted by Gasteiger charge is -2.25. The fourth-order valence-electron chi connectivity index (χ4n) is 1.87. The fraction of sp³-hybridized carbons (Fsp3) is 0.462. The topological polar surface area (TPSA) is 53.1 Å². The predicted molar refractivity (Wildman–Crippen MR) is 68.8 cm³/mol. The summed E-state index contributed by atoms with van der Waals surface area (Å²) in [7, 11) is 2.03. The lowest BCUT2D eigenvalue weighted by atomic mass is 10.1. The number of likely N-dealkylation sites (N-methyl/N-ethyl adjacent to an activating group) is 1. The summed E-state index contributed by atoms with van der Waals surface area (Å²) in [6.07, 6.45) is 1.89. The summed E-state index contributed by atoms with van der Waals surface area (Å²) >= 11 is 0. The normalized spacial score (nSPS) is 12.7. The average molecular weight is 219 g/mol. The zero-order valence-electron chi connectivity index (χ0n) is 10.1. The van der Waals surface area contributed by atoms with E-state index in [1.165, 1.54) is 5.56 Å². The molecular weight excluding hydrogens is 198 g/mol. The Labute approximate surface area is 97.8 Å². The van der Waals surface area contributed by atoms with Crippen LogP contribution in [0.3, 0.4) is 0 Å². The molecule has 88 valence electrons. The molecule has 0 aliphatic carbocycles. The lowest BCUT2D eigenvalue weighted by molar-refractivity contribution is 0.292. The van der Waals surface area contributed by atoms with Crippen LogP contribution in [0.15, 0.2) is 30.3 Å². The van der Waals surface area contributed by atoms with Gasteiger partial charge in [0, 0.05) is 6.54 Å². The Bertz CT molecular complexity index is 321. The standard InChI is InChI=1S/C13H21N3/c1-3-12(13(14)15)16(2)10-9-11-7-5-4-6-8-11/h4-8,12H,3,9-10H2,1-2H3,(H3,14,15). The Hall–Kier alpha value is -1.35. The quantitative estimate of drug-likeness (QED) is 0.567. The number of nitrogens with two attached hydrogens (primary N) is 1. The zero-order chi connectivity index (χ0) is 12.0. The molecule has 0 amide bonds. The van der Waals surface area contributed by atoms with Gasteiger partial charge >= 0.3 is 0 Å². The molecular formula is C13H21N3. The van der Waals surface area contributed by atoms with Crippen LogP contribution in [-0.2, 0) is 6.42 Å². The number of nitrogens with one attached hydrogen (secondary N) is 1. The highest BCUT2D eigenvalue weighted by molar-refractivity contribution is 5.82. The Morgan fingerprint density at radius 3 is 2.50 bits per heavy atom. The molecule has 1 aromatic rings. The van der Waals surface area contributed by atoms with Gasteiger partial charge in [-0.15, -0.1) is 0 Å². The first-order chi connectivity index (χ1) is 7.65. The molecule has 0 radical (unpaired) electrons. The van der Waals surface area contributed by atoms with E-state index < -0.39 is 0 Å². The Morgan fingerprint density at radius 2 is 2.00 bits per heavy atom. The number of benzene rings is 1. The van der Waals surface area contributed by atoms with E-state index in [1.807, 2.05) is 13.1 Å². The molecule has 1 aromatic carbocycles. The van der Waals surface area contributed by atoms with Gasteiger partial charge in [0.25, 0.3) is 0 Å². The van der Waals surface area contributed by atoms with Crippen molar-refractivity contribution in [1.82, 2.24) is 4.90 Å². The maximum Gasteiger partial charge on any atom is 0.108 e. The molecule has 0 saturated heterocycles. The molecule has 3 N–H and O–H groups in total. The number of rotatable bonds is 6. The molecule has 1 unspecified atom stereocenters. The van der Waals surface area contributed by atoms with Gasteiger partial charge < -0.3 is 5.73 Å². The molecule has 0 bridgehead atoms. The van der Waals surface area contributed by atoms with E-state index in [0.29, 0.717) is 0 Å². The van der Waals surface area contributed by atoms with E-state index in [1.54, 1.807) is 0 Å². The highest BCUT2D eigenvalue weighted by atomic mass is 15.1. The van der Waals surface area contributed by atoms with Crippen LogP contribution in [-0.4, -0.2) is 30.4 Å². The van der Waals surface area contributed by atoms with Crippen molar-refractivity contribution in [1.29, 1.82) is 5.41 Å². The second-order valence-electron chi connectivity index (χ2n) is 4.10. The van der Waals surface area contributed by atoms with Crippen LogP contribution in [0.2, 0.25) is 0 Å². The first kappa shape index (κ1) is 12.7. The van der Waals surface area contributed by atoms with Crippen LogP contribution in [0, 0.1) is 5.41 Å². The summed E-state index contributed by atoms with van der Waals surface area (Å²) in [5.41, 5.74) is 6.89. The molecule has 0 spiro atoms. The van der Waals surface area contributed by atoms with Gasteiger partial charge in [-0.2, -0.15) is 0 Å². The molecule has 1 rings (SSSR count). The summed E-state index contributed by atoms with van der Waals surface area (Å²) in [6, 6.07) is 10.5. The van der Waals surface area contributed by atoms with Crippen LogP contribution in [0.25, 0.3) is 0 Å². The van der Waals surface area contributed by atoms with E-state index in [-0.39, 0.29) is 11.9 Å². The molecule has 0 aliphatic heterocycles. The third-order valence-corrected chi connectivity index (χ3v) is 2.87. The number of hydrogen-bond acceptors (Lipinski definition) is 2. The smallest absolute Gasteiger partial charge is 0.108 e. The fourth-order valence-corrected chi connectivity index (χ4v) is 1.87. The van der Waals surface area contributed by atoms with E-state index in [2.05, 4.69) is 36.1 Å². The molecule has 0 aromatic heterocycles. The van der Waals surface area contributed by atoms with Crippen molar-refractivity contribution >= 4 is 5.84 Å². The summed E-state index contributed by atoms with van der Waals surface area (Å²) < 4.78 is 0. The van der Waals surface area contributed by atoms with Gasteiger partial charge in [0.1, 0.15) is 5.84 Å². The van der Waals surface area contributed by atoms with Crippen molar-refractivity contribution in [3.63, 3.8) is 0 Å². The first-order valence-corrected chi connectivity index (χ1v) is 5.73. The highest BCUT2D eigenvalue weighted by Crippen LogP contribution is 2.05. The average Bonchev–Trinajstić information content (AvgIpc) is 2.28. The van der Waals surface area contributed by atoms with Crippen LogP contribution in [0.4, 0.5) is 0 Å². The van der Waals surface area contributed by atoms with Gasteiger partial charge in [-0.1, -0.05) is 37.3 Å². The Kier molecular flexibility index (Phi) is 4.99. The second kappa shape index (κ2) is 6.28. The minimum Gasteiger partial charge on any atom is -0.386 e. The van der Waals surface area contributed by atoms with Crippen molar-refractivity contribution in [3.05, 3.63) is 35.9 Å². The number of hydrogen-bond donors (Lipinski definition) is 2. The van der Waals surface area contributed by atoms with Gasteiger partial charge in [-0.05, 0) is 25.5 Å². The third kappa shape index (κ3) is 3.66.